The molecule has 3 rings (SSSR count). The summed E-state index contributed by atoms with van der Waals surface area (Å²) in [4.78, 5) is 20.7. The molecule has 0 N–H and O–H groups in total. The summed E-state index contributed by atoms with van der Waals surface area (Å²) in [5.41, 5.74) is 1.15. The van der Waals surface area contributed by atoms with Gasteiger partial charge in [0.05, 0.1) is 12.2 Å². The van der Waals surface area contributed by atoms with Gasteiger partial charge >= 0.3 is 5.97 Å². The summed E-state index contributed by atoms with van der Waals surface area (Å²) >= 11 is 0. The molecule has 0 aliphatic heterocycles. The molecule has 3 aromatic rings. The second-order valence-electron chi connectivity index (χ2n) is 6.80. The fourth-order valence-corrected chi connectivity index (χ4v) is 2.39. The third kappa shape index (κ3) is 5.16. The van der Waals surface area contributed by atoms with E-state index in [-0.39, 0.29) is 5.89 Å². The van der Waals surface area contributed by atoms with E-state index in [1.54, 1.807) is 49.6 Å². The fourth-order valence-electron chi connectivity index (χ4n) is 2.39. The van der Waals surface area contributed by atoms with E-state index in [9.17, 15) is 4.79 Å². The van der Waals surface area contributed by atoms with Crippen LogP contribution in [0.1, 0.15) is 49.5 Å². The number of benzene rings is 1. The third-order valence-electron chi connectivity index (χ3n) is 4.05. The number of rotatable bonds is 8. The van der Waals surface area contributed by atoms with Crippen LogP contribution in [0.3, 0.4) is 0 Å². The van der Waals surface area contributed by atoms with E-state index in [1.807, 2.05) is 6.07 Å². The van der Waals surface area contributed by atoms with Crippen molar-refractivity contribution in [1.29, 1.82) is 0 Å². The zero-order valence-corrected chi connectivity index (χ0v) is 16.2. The van der Waals surface area contributed by atoms with Gasteiger partial charge in [0.1, 0.15) is 5.75 Å². The van der Waals surface area contributed by atoms with E-state index in [1.165, 1.54) is 0 Å². The Morgan fingerprint density at radius 2 is 1.93 bits per heavy atom. The summed E-state index contributed by atoms with van der Waals surface area (Å²) in [6.07, 6.45) is 3.60. The number of nitrogens with zero attached hydrogens (tertiary/aromatic N) is 3. The van der Waals surface area contributed by atoms with Crippen LogP contribution < -0.4 is 4.74 Å². The van der Waals surface area contributed by atoms with Crippen molar-refractivity contribution in [1.82, 2.24) is 15.1 Å². The lowest BCUT2D eigenvalue weighted by Gasteiger charge is -2.10. The standard InChI is InChI=1S/C21H23N3O4/c1-14(2)10-12-26-18-8-6-16(7-9-18)21(25)27-15(3)20-23-19(24-28-20)17-5-4-11-22-13-17/h4-9,11,13-15H,10,12H2,1-3H3. The van der Waals surface area contributed by atoms with Gasteiger partial charge < -0.3 is 14.0 Å². The zero-order chi connectivity index (χ0) is 19.9. The number of carbonyl (C=O) groups excluding carboxylic acids is 1. The lowest BCUT2D eigenvalue weighted by Crippen LogP contribution is -2.09. The largest absolute Gasteiger partial charge is 0.494 e. The predicted octanol–water partition coefficient (Wildman–Crippen LogP) is 4.47. The van der Waals surface area contributed by atoms with E-state index in [0.29, 0.717) is 23.9 Å². The number of hydrogen-bond acceptors (Lipinski definition) is 7. The first kappa shape index (κ1) is 19.5. The van der Waals surface area contributed by atoms with Crippen LogP contribution in [-0.2, 0) is 4.74 Å². The lowest BCUT2D eigenvalue weighted by molar-refractivity contribution is 0.0265. The van der Waals surface area contributed by atoms with Gasteiger partial charge in [-0.2, -0.15) is 4.98 Å². The van der Waals surface area contributed by atoms with Gasteiger partial charge in [-0.25, -0.2) is 4.79 Å². The van der Waals surface area contributed by atoms with Crippen molar-refractivity contribution in [3.63, 3.8) is 0 Å². The lowest BCUT2D eigenvalue weighted by atomic mass is 10.1. The summed E-state index contributed by atoms with van der Waals surface area (Å²) < 4.78 is 16.3. The van der Waals surface area contributed by atoms with E-state index < -0.39 is 12.1 Å². The van der Waals surface area contributed by atoms with Crippen molar-refractivity contribution in [2.75, 3.05) is 6.61 Å². The van der Waals surface area contributed by atoms with E-state index >= 15 is 0 Å². The molecule has 146 valence electrons. The van der Waals surface area contributed by atoms with E-state index in [0.717, 1.165) is 17.7 Å². The Balaban J connectivity index is 1.57. The van der Waals surface area contributed by atoms with Crippen LogP contribution in [0.15, 0.2) is 53.3 Å². The topological polar surface area (TPSA) is 87.3 Å². The number of esters is 1. The third-order valence-corrected chi connectivity index (χ3v) is 4.05. The van der Waals surface area contributed by atoms with Crippen molar-refractivity contribution in [2.24, 2.45) is 5.92 Å². The number of hydrogen-bond donors (Lipinski definition) is 0. The minimum absolute atomic E-state index is 0.223. The average molecular weight is 381 g/mol. The monoisotopic (exact) mass is 381 g/mol. The van der Waals surface area contributed by atoms with Crippen LogP contribution in [0, 0.1) is 5.92 Å². The first-order valence-corrected chi connectivity index (χ1v) is 9.21. The fraction of sp³-hybridized carbons (Fsp3) is 0.333. The molecule has 0 bridgehead atoms. The summed E-state index contributed by atoms with van der Waals surface area (Å²) in [5.74, 6) is 1.46. The Morgan fingerprint density at radius 1 is 1.14 bits per heavy atom. The van der Waals surface area contributed by atoms with Gasteiger partial charge in [-0.1, -0.05) is 19.0 Å². The van der Waals surface area contributed by atoms with Crippen LogP contribution in [0.4, 0.5) is 0 Å². The van der Waals surface area contributed by atoms with Crippen LogP contribution >= 0.6 is 0 Å². The predicted molar refractivity (Wildman–Crippen MR) is 103 cm³/mol. The van der Waals surface area contributed by atoms with Crippen molar-refractivity contribution < 1.29 is 18.8 Å². The Morgan fingerprint density at radius 3 is 2.61 bits per heavy atom. The number of pyridine rings is 1. The van der Waals surface area contributed by atoms with Gasteiger partial charge in [-0.3, -0.25) is 4.98 Å². The Kier molecular flexibility index (Phi) is 6.37. The summed E-state index contributed by atoms with van der Waals surface area (Å²) in [6, 6.07) is 10.5. The number of carbonyl (C=O) groups is 1. The highest BCUT2D eigenvalue weighted by Crippen LogP contribution is 2.22. The molecule has 1 unspecified atom stereocenters. The van der Waals surface area contributed by atoms with Gasteiger partial charge in [0.2, 0.25) is 5.82 Å². The maximum Gasteiger partial charge on any atom is 0.338 e. The van der Waals surface area contributed by atoms with Crippen molar-refractivity contribution in [3.05, 3.63) is 60.2 Å². The molecule has 28 heavy (non-hydrogen) atoms. The molecule has 1 aromatic carbocycles. The van der Waals surface area contributed by atoms with Crippen LogP contribution in [0.25, 0.3) is 11.4 Å². The summed E-state index contributed by atoms with van der Waals surface area (Å²) in [6.45, 7) is 6.62. The van der Waals surface area contributed by atoms with Crippen molar-refractivity contribution in [3.8, 4) is 17.1 Å². The highest BCUT2D eigenvalue weighted by Gasteiger charge is 2.20. The molecule has 0 spiro atoms. The molecule has 0 fully saturated rings. The van der Waals surface area contributed by atoms with Gasteiger partial charge in [0.15, 0.2) is 6.10 Å². The van der Waals surface area contributed by atoms with Crippen LogP contribution in [0.5, 0.6) is 5.75 Å². The maximum absolute atomic E-state index is 12.4. The van der Waals surface area contributed by atoms with Gasteiger partial charge in [0, 0.05) is 18.0 Å². The second kappa shape index (κ2) is 9.12. The molecule has 7 heteroatoms. The Labute approximate surface area is 163 Å². The normalized spacial score (nSPS) is 12.0. The molecule has 0 radical (unpaired) electrons. The highest BCUT2D eigenvalue weighted by molar-refractivity contribution is 5.89. The van der Waals surface area contributed by atoms with Crippen LogP contribution in [0.2, 0.25) is 0 Å². The molecule has 0 aliphatic carbocycles. The molecule has 0 amide bonds. The van der Waals surface area contributed by atoms with Gasteiger partial charge in [0.25, 0.3) is 5.89 Å². The van der Waals surface area contributed by atoms with Gasteiger partial charge in [-0.15, -0.1) is 0 Å². The second-order valence-corrected chi connectivity index (χ2v) is 6.80. The molecule has 2 aromatic heterocycles. The van der Waals surface area contributed by atoms with Crippen LogP contribution in [-0.4, -0.2) is 27.7 Å². The number of aromatic nitrogens is 3. The summed E-state index contributed by atoms with van der Waals surface area (Å²) in [7, 11) is 0. The Bertz CT molecular complexity index is 892. The van der Waals surface area contributed by atoms with Crippen molar-refractivity contribution in [2.45, 2.75) is 33.3 Å². The minimum atomic E-state index is -0.674. The average Bonchev–Trinajstić information content (AvgIpc) is 3.19. The smallest absolute Gasteiger partial charge is 0.338 e. The molecule has 0 saturated carbocycles. The first-order chi connectivity index (χ1) is 13.5. The number of ether oxygens (including phenoxy) is 2. The van der Waals surface area contributed by atoms with E-state index in [2.05, 4.69) is 29.0 Å². The zero-order valence-electron chi connectivity index (χ0n) is 16.2. The molecule has 2 heterocycles. The molecule has 1 atom stereocenters. The molecular formula is C21H23N3O4. The maximum atomic E-state index is 12.4. The Hall–Kier alpha value is -3.22. The minimum Gasteiger partial charge on any atom is -0.494 e. The molecular weight excluding hydrogens is 358 g/mol. The summed E-state index contributed by atoms with van der Waals surface area (Å²) in [5, 5.41) is 3.91. The highest BCUT2D eigenvalue weighted by atomic mass is 16.6. The molecule has 0 saturated heterocycles. The van der Waals surface area contributed by atoms with Crippen molar-refractivity contribution >= 4 is 5.97 Å². The van der Waals surface area contributed by atoms with Gasteiger partial charge in [-0.05, 0) is 55.7 Å². The van der Waals surface area contributed by atoms with E-state index in [4.69, 9.17) is 14.0 Å². The molecule has 0 aliphatic rings. The quantitative estimate of drug-likeness (QED) is 0.532. The first-order valence-electron chi connectivity index (χ1n) is 9.21. The molecule has 7 nitrogen and oxygen atoms in total. The SMILES string of the molecule is CC(C)CCOc1ccc(C(=O)OC(C)c2nc(-c3cccnc3)no2)cc1.